The number of nitrogens with two attached hydrogens (primary N) is 1. The van der Waals surface area contributed by atoms with E-state index in [1.165, 1.54) is 0 Å². The molecule has 15 aliphatic rings. The number of hydrogen-bond donors (Lipinski definition) is 21. The summed E-state index contributed by atoms with van der Waals surface area (Å²) in [5.41, 5.74) is 5.67. The first-order valence-electron chi connectivity index (χ1n) is 26.3. The summed E-state index contributed by atoms with van der Waals surface area (Å²) in [5, 5.41) is 222. The van der Waals surface area contributed by atoms with E-state index in [1.54, 1.807) is 0 Å². The maximum absolute atomic E-state index is 11.9. The molecule has 36 heteroatoms. The van der Waals surface area contributed by atoms with Crippen LogP contribution in [0.3, 0.4) is 0 Å². The van der Waals surface area contributed by atoms with Crippen molar-refractivity contribution in [1.29, 1.82) is 0 Å². The van der Waals surface area contributed by atoms with Gasteiger partial charge in [0, 0.05) is 6.61 Å². The predicted molar refractivity (Wildman–Crippen MR) is 246 cm³/mol. The standard InChI is InChI=1S/C45H77NO35/c46-2-1-3-67-38-30(66)37-17(10-53)74-45(38)81-36-16(9-52)73-43(29(65)23(36)59)79-34-14(7-50)71-41(27(63)21(34)57)77-32-12(5-48)69-39(25(61)19(32)55)75-31-11(4-47)68-40(24(60)18(31)54)76-33-13(6-49)70-42(26(62)20(33)56)78-35-15(8-51)72-44(80-37)28(64)22(35)58/h11-45,47-66H,1-10,46H2/t11-,12-,13-,14-,15-,16-,17-,18-,19+,20-,21+,22-,23+,24-,25+,26-,27+,28-,29+,30+,31-,32-,33-,34-,35-,36-,37-,38-,39-,40-,41-,42-,43-,44-,45-/m1/s1. The lowest BCUT2D eigenvalue weighted by Gasteiger charge is -2.50. The van der Waals surface area contributed by atoms with Gasteiger partial charge in [0.1, 0.15) is 171 Å². The Morgan fingerprint density at radius 2 is 0.432 bits per heavy atom. The third-order valence-corrected chi connectivity index (χ3v) is 15.4. The molecule has 0 saturated carbocycles. The van der Waals surface area contributed by atoms with Crippen molar-refractivity contribution >= 4 is 0 Å². The molecule has 0 amide bonds. The van der Waals surface area contributed by atoms with Gasteiger partial charge in [-0.25, -0.2) is 0 Å². The van der Waals surface area contributed by atoms with Crippen LogP contribution in [0, 0.1) is 0 Å². The molecule has 14 bridgehead atoms. The average molecular weight is 1190 g/mol. The Bertz CT molecular complexity index is 1900. The normalized spacial score (nSPS) is 53.2. The van der Waals surface area contributed by atoms with E-state index in [0.29, 0.717) is 0 Å². The van der Waals surface area contributed by atoms with Crippen molar-refractivity contribution in [1.82, 2.24) is 0 Å². The second kappa shape index (κ2) is 28.6. The maximum atomic E-state index is 11.9. The molecule has 0 aromatic carbocycles. The highest BCUT2D eigenvalue weighted by molar-refractivity contribution is 5.02. The van der Waals surface area contributed by atoms with Gasteiger partial charge < -0.3 is 179 Å². The molecule has 15 heterocycles. The molecule has 36 nitrogen and oxygen atoms in total. The summed E-state index contributed by atoms with van der Waals surface area (Å²) in [6.45, 7) is -7.36. The topological polar surface area (TPSA) is 569 Å². The maximum Gasteiger partial charge on any atom is 0.187 e. The summed E-state index contributed by atoms with van der Waals surface area (Å²) >= 11 is 0. The van der Waals surface area contributed by atoms with Crippen LogP contribution in [0.15, 0.2) is 0 Å². The highest BCUT2D eigenvalue weighted by atomic mass is 16.8. The molecular formula is C45H77NO35. The SMILES string of the molecule is NCCCO[C@H]1[C@H]2O[C@H]3[C@@H](O)[C@H](O)[C@@H](O[C@H]4[C@@H](O)[C@H](O)[C@@H](O[C@H]5[C@@H](O)[C@H](O)[C@@H](O[C@H]6[C@H](O)[C@@H](O)[C@@H](O[C@H]7[C@H](O)[C@@H](O)[C@@H](O[C@H]8[C@H](O)[C@@H](O)[C@@H](O[C@@H]([C@@H]1O)[C@@H](CO)O2)O[C@@H]8CO)O[C@@H]7CO)O[C@@H]6CO)O[C@@H]5CO)O[C@@H]4CO)O[C@@H]3CO. The van der Waals surface area contributed by atoms with Gasteiger partial charge in [0.25, 0.3) is 0 Å². The van der Waals surface area contributed by atoms with Crippen molar-refractivity contribution in [2.24, 2.45) is 5.73 Å². The molecule has 22 N–H and O–H groups in total. The minimum absolute atomic E-state index is 0.0643. The molecule has 0 aromatic heterocycles. The van der Waals surface area contributed by atoms with Gasteiger partial charge in [-0.15, -0.1) is 0 Å². The quantitative estimate of drug-likeness (QED) is 0.0854. The largest absolute Gasteiger partial charge is 0.394 e. The van der Waals surface area contributed by atoms with E-state index in [9.17, 15) is 102 Å². The van der Waals surface area contributed by atoms with Crippen molar-refractivity contribution < 1.29 is 173 Å². The van der Waals surface area contributed by atoms with Crippen molar-refractivity contribution in [2.45, 2.75) is 221 Å². The van der Waals surface area contributed by atoms with E-state index >= 15 is 0 Å². The van der Waals surface area contributed by atoms with E-state index < -0.39 is 261 Å². The lowest BCUT2D eigenvalue weighted by molar-refractivity contribution is -0.398. The first kappa shape index (κ1) is 65.5. The molecule has 15 aliphatic heterocycles. The smallest absolute Gasteiger partial charge is 0.187 e. The highest BCUT2D eigenvalue weighted by Crippen LogP contribution is 2.39. The summed E-state index contributed by atoms with van der Waals surface area (Å²) in [6, 6.07) is 0. The Morgan fingerprint density at radius 1 is 0.247 bits per heavy atom. The van der Waals surface area contributed by atoms with Crippen molar-refractivity contribution in [2.75, 3.05) is 59.4 Å². The van der Waals surface area contributed by atoms with Crippen LogP contribution in [-0.2, 0) is 71.1 Å². The monoisotopic (exact) mass is 1190 g/mol. The van der Waals surface area contributed by atoms with Crippen LogP contribution in [0.2, 0.25) is 0 Å². The van der Waals surface area contributed by atoms with Crippen LogP contribution in [-0.4, -0.2) is 376 Å². The number of aliphatic hydroxyl groups excluding tert-OH is 20. The first-order chi connectivity index (χ1) is 38.7. The van der Waals surface area contributed by atoms with E-state index in [-0.39, 0.29) is 19.6 Å². The molecular weight excluding hydrogens is 1110 g/mol. The minimum Gasteiger partial charge on any atom is -0.394 e. The number of rotatable bonds is 11. The molecule has 472 valence electrons. The number of ether oxygens (including phenoxy) is 15. The van der Waals surface area contributed by atoms with Crippen molar-refractivity contribution in [3.05, 3.63) is 0 Å². The van der Waals surface area contributed by atoms with Crippen molar-refractivity contribution in [3.63, 3.8) is 0 Å². The zero-order chi connectivity index (χ0) is 58.9. The van der Waals surface area contributed by atoms with Gasteiger partial charge >= 0.3 is 0 Å². The highest BCUT2D eigenvalue weighted by Gasteiger charge is 2.60. The molecule has 0 unspecified atom stereocenters. The number of aliphatic hydroxyl groups is 20. The molecule has 0 aliphatic carbocycles. The predicted octanol–water partition coefficient (Wildman–Crippen LogP) is -14.9. The van der Waals surface area contributed by atoms with Crippen LogP contribution in [0.5, 0.6) is 0 Å². The number of fused-ring (bicyclic) bond motifs is 7. The minimum atomic E-state index is -2.21. The third-order valence-electron chi connectivity index (χ3n) is 15.4. The Labute approximate surface area is 459 Å². The molecule has 15 fully saturated rings. The number of hydrogen-bond acceptors (Lipinski definition) is 36. The Morgan fingerprint density at radius 3 is 0.630 bits per heavy atom. The van der Waals surface area contributed by atoms with Crippen LogP contribution in [0.25, 0.3) is 0 Å². The molecule has 0 radical (unpaired) electrons. The Hall–Kier alpha value is -1.44. The average Bonchev–Trinajstić information content (AvgIpc) is 3.59. The zero-order valence-corrected chi connectivity index (χ0v) is 42.9. The summed E-state index contributed by atoms with van der Waals surface area (Å²) in [6.07, 6.45) is -68.7. The van der Waals surface area contributed by atoms with Gasteiger partial charge in [-0.1, -0.05) is 0 Å². The lowest BCUT2D eigenvalue weighted by atomic mass is 9.95. The lowest BCUT2D eigenvalue weighted by Crippen LogP contribution is -2.68. The molecule has 15 rings (SSSR count). The van der Waals surface area contributed by atoms with Crippen LogP contribution in [0.4, 0.5) is 0 Å². The molecule has 35 atom stereocenters. The summed E-state index contributed by atoms with van der Waals surface area (Å²) in [4.78, 5) is 0. The first-order valence-corrected chi connectivity index (χ1v) is 26.3. The van der Waals surface area contributed by atoms with E-state index in [2.05, 4.69) is 0 Å². The summed E-state index contributed by atoms with van der Waals surface area (Å²) in [5.74, 6) is 0. The van der Waals surface area contributed by atoms with Gasteiger partial charge in [-0.05, 0) is 13.0 Å². The van der Waals surface area contributed by atoms with Crippen LogP contribution in [0.1, 0.15) is 6.42 Å². The van der Waals surface area contributed by atoms with E-state index in [1.807, 2.05) is 0 Å². The molecule has 15 saturated heterocycles. The Kier molecular flexibility index (Phi) is 23.1. The fourth-order valence-corrected chi connectivity index (χ4v) is 10.9. The summed E-state index contributed by atoms with van der Waals surface area (Å²) < 4.78 is 86.8. The Balaban J connectivity index is 1.10. The zero-order valence-electron chi connectivity index (χ0n) is 42.9. The second-order valence-corrected chi connectivity index (χ2v) is 20.6. The van der Waals surface area contributed by atoms with Crippen molar-refractivity contribution in [3.8, 4) is 0 Å². The fourth-order valence-electron chi connectivity index (χ4n) is 10.9. The van der Waals surface area contributed by atoms with Crippen LogP contribution >= 0.6 is 0 Å². The van der Waals surface area contributed by atoms with Gasteiger partial charge in [-0.3, -0.25) is 0 Å². The van der Waals surface area contributed by atoms with Gasteiger partial charge in [-0.2, -0.15) is 0 Å². The molecule has 81 heavy (non-hydrogen) atoms. The molecule has 0 spiro atoms. The van der Waals surface area contributed by atoms with E-state index in [0.717, 1.165) is 0 Å². The summed E-state index contributed by atoms with van der Waals surface area (Å²) in [7, 11) is 0. The van der Waals surface area contributed by atoms with E-state index in [4.69, 9.17) is 76.8 Å². The van der Waals surface area contributed by atoms with Gasteiger partial charge in [0.15, 0.2) is 44.0 Å². The van der Waals surface area contributed by atoms with Gasteiger partial charge in [0.05, 0.1) is 46.2 Å². The van der Waals surface area contributed by atoms with Crippen LogP contribution < -0.4 is 5.73 Å². The second-order valence-electron chi connectivity index (χ2n) is 20.6. The third kappa shape index (κ3) is 13.4. The molecule has 0 aromatic rings. The van der Waals surface area contributed by atoms with Gasteiger partial charge in [0.2, 0.25) is 0 Å². The fraction of sp³-hybridized carbons (Fsp3) is 1.00.